The number of nitrogens with one attached hydrogen (secondary N) is 2. The molecule has 7 nitrogen and oxygen atoms in total. The van der Waals surface area contributed by atoms with Crippen LogP contribution in [0.15, 0.2) is 23.2 Å². The molecule has 3 unspecified atom stereocenters. The molecule has 3 rings (SSSR count). The van der Waals surface area contributed by atoms with E-state index < -0.39 is 0 Å². The van der Waals surface area contributed by atoms with Gasteiger partial charge in [0.1, 0.15) is 11.5 Å². The summed E-state index contributed by atoms with van der Waals surface area (Å²) in [7, 11) is 5.23. The molecule has 0 aliphatic carbocycles. The van der Waals surface area contributed by atoms with Crippen LogP contribution in [0.25, 0.3) is 0 Å². The first-order chi connectivity index (χ1) is 15.3. The molecule has 2 fully saturated rings. The van der Waals surface area contributed by atoms with E-state index in [2.05, 4.69) is 53.4 Å². The summed E-state index contributed by atoms with van der Waals surface area (Å²) in [6.07, 6.45) is 3.72. The Bertz CT molecular complexity index is 740. The summed E-state index contributed by atoms with van der Waals surface area (Å²) in [6.45, 7) is 11.5. The highest BCUT2D eigenvalue weighted by Crippen LogP contribution is 2.33. The summed E-state index contributed by atoms with van der Waals surface area (Å²) < 4.78 is 17.0. The molecule has 2 N–H and O–H groups in total. The molecule has 1 aromatic rings. The molecular formula is C25H42N4O3. The van der Waals surface area contributed by atoms with Crippen molar-refractivity contribution < 1.29 is 14.2 Å². The van der Waals surface area contributed by atoms with Gasteiger partial charge in [0, 0.05) is 57.9 Å². The molecule has 0 spiro atoms. The van der Waals surface area contributed by atoms with Gasteiger partial charge < -0.3 is 24.8 Å². The maximum Gasteiger partial charge on any atom is 0.191 e. The molecule has 7 heteroatoms. The van der Waals surface area contributed by atoms with Gasteiger partial charge in [-0.1, -0.05) is 20.8 Å². The highest BCUT2D eigenvalue weighted by Gasteiger charge is 2.35. The quantitative estimate of drug-likeness (QED) is 0.495. The standard InChI is InChI=1S/C25H42N4O3/c1-25(2,3)23-19(8-7-11-32-23)15-27-24(26-4)28-20-9-10-29(17-20)16-18-12-21(30-5)14-22(13-18)31-6/h12-14,19-20,23H,7-11,15-17H2,1-6H3,(H2,26,27,28). The fourth-order valence-corrected chi connectivity index (χ4v) is 4.94. The summed E-state index contributed by atoms with van der Waals surface area (Å²) in [4.78, 5) is 6.94. The molecule has 0 radical (unpaired) electrons. The summed E-state index contributed by atoms with van der Waals surface area (Å²) in [5.74, 6) is 3.06. The first-order valence-electron chi connectivity index (χ1n) is 11.9. The van der Waals surface area contributed by atoms with Crippen molar-refractivity contribution in [3.63, 3.8) is 0 Å². The van der Waals surface area contributed by atoms with Crippen LogP contribution in [-0.4, -0.2) is 70.5 Å². The molecule has 2 aliphatic rings. The Morgan fingerprint density at radius 1 is 1.16 bits per heavy atom. The average Bonchev–Trinajstić information content (AvgIpc) is 3.22. The number of guanidine groups is 1. The zero-order valence-electron chi connectivity index (χ0n) is 20.7. The second-order valence-electron chi connectivity index (χ2n) is 10.1. The largest absolute Gasteiger partial charge is 0.497 e. The molecular weight excluding hydrogens is 404 g/mol. The number of nitrogens with zero attached hydrogens (tertiary/aromatic N) is 2. The van der Waals surface area contributed by atoms with Gasteiger partial charge in [0.25, 0.3) is 0 Å². The highest BCUT2D eigenvalue weighted by molar-refractivity contribution is 5.80. The van der Waals surface area contributed by atoms with Gasteiger partial charge in [-0.25, -0.2) is 0 Å². The van der Waals surface area contributed by atoms with Gasteiger partial charge in [-0.05, 0) is 42.4 Å². The number of hydrogen-bond donors (Lipinski definition) is 2. The lowest BCUT2D eigenvalue weighted by molar-refractivity contribution is -0.0835. The number of likely N-dealkylation sites (tertiary alicyclic amines) is 1. The van der Waals surface area contributed by atoms with Crippen LogP contribution in [-0.2, 0) is 11.3 Å². The third kappa shape index (κ3) is 6.75. The molecule has 3 atom stereocenters. The van der Waals surface area contributed by atoms with E-state index >= 15 is 0 Å². The van der Waals surface area contributed by atoms with Crippen LogP contribution in [0.1, 0.15) is 45.6 Å². The molecule has 1 aromatic carbocycles. The summed E-state index contributed by atoms with van der Waals surface area (Å²) in [5, 5.41) is 7.20. The van der Waals surface area contributed by atoms with Crippen LogP contribution in [0, 0.1) is 11.3 Å². The van der Waals surface area contributed by atoms with Crippen molar-refractivity contribution in [3.8, 4) is 11.5 Å². The van der Waals surface area contributed by atoms with Crippen molar-refractivity contribution in [2.75, 3.05) is 47.5 Å². The van der Waals surface area contributed by atoms with Crippen LogP contribution in [0.3, 0.4) is 0 Å². The number of hydrogen-bond acceptors (Lipinski definition) is 5. The Morgan fingerprint density at radius 2 is 1.88 bits per heavy atom. The van der Waals surface area contributed by atoms with E-state index in [1.54, 1.807) is 14.2 Å². The first kappa shape index (κ1) is 24.6. The van der Waals surface area contributed by atoms with E-state index in [4.69, 9.17) is 14.2 Å². The van der Waals surface area contributed by atoms with E-state index in [-0.39, 0.29) is 11.5 Å². The lowest BCUT2D eigenvalue weighted by Gasteiger charge is -2.40. The molecule has 0 bridgehead atoms. The Morgan fingerprint density at radius 3 is 2.50 bits per heavy atom. The Labute approximate surface area is 193 Å². The van der Waals surface area contributed by atoms with Crippen LogP contribution in [0.5, 0.6) is 11.5 Å². The van der Waals surface area contributed by atoms with Crippen molar-refractivity contribution >= 4 is 5.96 Å². The van der Waals surface area contributed by atoms with Gasteiger partial charge in [-0.15, -0.1) is 0 Å². The predicted octanol–water partition coefficient (Wildman–Crippen LogP) is 3.28. The van der Waals surface area contributed by atoms with E-state index in [0.717, 1.165) is 63.1 Å². The zero-order valence-corrected chi connectivity index (χ0v) is 20.7. The molecule has 180 valence electrons. The molecule has 0 saturated carbocycles. The van der Waals surface area contributed by atoms with E-state index in [9.17, 15) is 0 Å². The number of aliphatic imine (C=N–C) groups is 1. The average molecular weight is 447 g/mol. The van der Waals surface area contributed by atoms with Gasteiger partial charge in [-0.3, -0.25) is 9.89 Å². The monoisotopic (exact) mass is 446 g/mol. The lowest BCUT2D eigenvalue weighted by atomic mass is 9.78. The highest BCUT2D eigenvalue weighted by atomic mass is 16.5. The van der Waals surface area contributed by atoms with Gasteiger partial charge in [-0.2, -0.15) is 0 Å². The lowest BCUT2D eigenvalue weighted by Crippen LogP contribution is -2.49. The van der Waals surface area contributed by atoms with Crippen LogP contribution >= 0.6 is 0 Å². The van der Waals surface area contributed by atoms with Gasteiger partial charge >= 0.3 is 0 Å². The van der Waals surface area contributed by atoms with Gasteiger partial charge in [0.05, 0.1) is 20.3 Å². The van der Waals surface area contributed by atoms with Crippen molar-refractivity contribution in [3.05, 3.63) is 23.8 Å². The number of rotatable bonds is 7. The zero-order chi connectivity index (χ0) is 23.1. The molecule has 2 aliphatic heterocycles. The summed E-state index contributed by atoms with van der Waals surface area (Å²) >= 11 is 0. The number of benzene rings is 1. The number of ether oxygens (including phenoxy) is 3. The maximum absolute atomic E-state index is 6.13. The minimum absolute atomic E-state index is 0.151. The molecule has 0 aromatic heterocycles. The van der Waals surface area contributed by atoms with Crippen molar-refractivity contribution in [2.24, 2.45) is 16.3 Å². The third-order valence-electron chi connectivity index (χ3n) is 6.48. The van der Waals surface area contributed by atoms with Crippen molar-refractivity contribution in [1.82, 2.24) is 15.5 Å². The smallest absolute Gasteiger partial charge is 0.191 e. The Hall–Kier alpha value is -1.99. The second kappa shape index (κ2) is 11.2. The SMILES string of the molecule is CN=C(NCC1CCCOC1C(C)(C)C)NC1CCN(Cc2cc(OC)cc(OC)c2)C1. The Balaban J connectivity index is 1.50. The van der Waals surface area contributed by atoms with Gasteiger partial charge in [0.15, 0.2) is 5.96 Å². The minimum atomic E-state index is 0.151. The second-order valence-corrected chi connectivity index (χ2v) is 10.1. The topological polar surface area (TPSA) is 67.4 Å². The van der Waals surface area contributed by atoms with Crippen molar-refractivity contribution in [1.29, 1.82) is 0 Å². The maximum atomic E-state index is 6.13. The van der Waals surface area contributed by atoms with Crippen LogP contribution in [0.2, 0.25) is 0 Å². The minimum Gasteiger partial charge on any atom is -0.497 e. The summed E-state index contributed by atoms with van der Waals surface area (Å²) in [5.41, 5.74) is 1.35. The van der Waals surface area contributed by atoms with E-state index in [1.165, 1.54) is 12.0 Å². The first-order valence-corrected chi connectivity index (χ1v) is 11.9. The third-order valence-corrected chi connectivity index (χ3v) is 6.48. The number of methoxy groups -OCH3 is 2. The van der Waals surface area contributed by atoms with Crippen LogP contribution < -0.4 is 20.1 Å². The fourth-order valence-electron chi connectivity index (χ4n) is 4.94. The normalized spacial score (nSPS) is 24.9. The molecule has 32 heavy (non-hydrogen) atoms. The van der Waals surface area contributed by atoms with Crippen LogP contribution in [0.4, 0.5) is 0 Å². The predicted molar refractivity (Wildman–Crippen MR) is 130 cm³/mol. The Kier molecular flexibility index (Phi) is 8.65. The molecule has 0 amide bonds. The van der Waals surface area contributed by atoms with E-state index in [1.807, 2.05) is 13.1 Å². The van der Waals surface area contributed by atoms with E-state index in [0.29, 0.717) is 12.0 Å². The molecule has 2 saturated heterocycles. The van der Waals surface area contributed by atoms with Crippen molar-refractivity contribution in [2.45, 2.75) is 58.7 Å². The summed E-state index contributed by atoms with van der Waals surface area (Å²) in [6, 6.07) is 6.47. The van der Waals surface area contributed by atoms with Gasteiger partial charge in [0.2, 0.25) is 0 Å². The molecule has 2 heterocycles. The fraction of sp³-hybridized carbons (Fsp3) is 0.720.